The van der Waals surface area contributed by atoms with Crippen molar-refractivity contribution < 1.29 is 14.7 Å². The predicted molar refractivity (Wildman–Crippen MR) is 119 cm³/mol. The van der Waals surface area contributed by atoms with Crippen LogP contribution in [0.2, 0.25) is 0 Å². The molecule has 3 N–H and O–H groups in total. The number of hydrogen-bond donors (Lipinski definition) is 3. The van der Waals surface area contributed by atoms with E-state index in [2.05, 4.69) is 15.6 Å². The lowest BCUT2D eigenvalue weighted by atomic mass is 10.0. The first-order valence-electron chi connectivity index (χ1n) is 9.36. The summed E-state index contributed by atoms with van der Waals surface area (Å²) in [6, 6.07) is 18.2. The van der Waals surface area contributed by atoms with Gasteiger partial charge in [-0.15, -0.1) is 11.3 Å². The molecule has 0 fully saturated rings. The maximum Gasteiger partial charge on any atom is 0.405 e. The van der Waals surface area contributed by atoms with E-state index in [1.807, 2.05) is 53.9 Å². The topological polar surface area (TPSA) is 91.3 Å². The lowest BCUT2D eigenvalue weighted by Crippen LogP contribution is -2.44. The van der Waals surface area contributed by atoms with Gasteiger partial charge in [0.1, 0.15) is 6.04 Å². The van der Waals surface area contributed by atoms with Gasteiger partial charge in [-0.05, 0) is 57.8 Å². The molecular formula is C23H19N3O3S. The number of anilines is 1. The summed E-state index contributed by atoms with van der Waals surface area (Å²) in [6.07, 6.45) is 2.49. The van der Waals surface area contributed by atoms with Crippen molar-refractivity contribution in [3.05, 3.63) is 84.0 Å². The molecule has 0 aliphatic heterocycles. The minimum Gasteiger partial charge on any atom is -0.465 e. The van der Waals surface area contributed by atoms with Crippen LogP contribution in [0.1, 0.15) is 5.56 Å². The van der Waals surface area contributed by atoms with E-state index in [1.165, 1.54) is 0 Å². The van der Waals surface area contributed by atoms with Gasteiger partial charge in [-0.2, -0.15) is 0 Å². The summed E-state index contributed by atoms with van der Waals surface area (Å²) in [5.41, 5.74) is 3.57. The van der Waals surface area contributed by atoms with E-state index >= 15 is 0 Å². The number of thiophene rings is 1. The van der Waals surface area contributed by atoms with Crippen LogP contribution in [0.15, 0.2) is 78.4 Å². The quantitative estimate of drug-likeness (QED) is 0.421. The van der Waals surface area contributed by atoms with Crippen LogP contribution in [0.4, 0.5) is 10.5 Å². The molecule has 0 unspecified atom stereocenters. The molecule has 2 aromatic carbocycles. The summed E-state index contributed by atoms with van der Waals surface area (Å²) in [7, 11) is 0. The zero-order valence-electron chi connectivity index (χ0n) is 15.9. The van der Waals surface area contributed by atoms with Gasteiger partial charge >= 0.3 is 6.09 Å². The van der Waals surface area contributed by atoms with Crippen LogP contribution in [0, 0.1) is 0 Å². The fraction of sp³-hybridized carbons (Fsp3) is 0.0870. The maximum absolute atomic E-state index is 12.8. The summed E-state index contributed by atoms with van der Waals surface area (Å²) >= 11 is 1.58. The van der Waals surface area contributed by atoms with Crippen molar-refractivity contribution in [3.63, 3.8) is 0 Å². The van der Waals surface area contributed by atoms with Crippen LogP contribution in [0.25, 0.3) is 21.2 Å². The molecule has 0 aliphatic rings. The van der Waals surface area contributed by atoms with Crippen molar-refractivity contribution in [1.82, 2.24) is 10.3 Å². The average molecular weight is 417 g/mol. The molecule has 4 aromatic rings. The summed E-state index contributed by atoms with van der Waals surface area (Å²) in [5, 5.41) is 17.4. The average Bonchev–Trinajstić information content (AvgIpc) is 3.17. The van der Waals surface area contributed by atoms with Crippen LogP contribution in [0.3, 0.4) is 0 Å². The zero-order chi connectivity index (χ0) is 20.9. The molecular weight excluding hydrogens is 398 g/mol. The molecule has 0 aliphatic carbocycles. The molecule has 6 nitrogen and oxygen atoms in total. The second-order valence-corrected chi connectivity index (χ2v) is 7.68. The number of carboxylic acid groups (broad SMARTS) is 1. The van der Waals surface area contributed by atoms with Gasteiger partial charge in [-0.1, -0.05) is 30.3 Å². The molecule has 2 aromatic heterocycles. The van der Waals surface area contributed by atoms with Crippen LogP contribution in [0.5, 0.6) is 0 Å². The molecule has 4 rings (SSSR count). The SMILES string of the molecule is O=C(O)N[C@H](Cc1csc2ccccc12)C(=O)Nc1ccc(-c2ccncc2)cc1. The molecule has 2 amide bonds. The largest absolute Gasteiger partial charge is 0.465 e. The molecule has 0 spiro atoms. The standard InChI is InChI=1S/C23H19N3O3S/c27-22(25-18-7-5-15(6-8-18)16-9-11-24-12-10-16)20(26-23(28)29)13-17-14-30-21-4-2-1-3-19(17)21/h1-12,14,20,26H,13H2,(H,25,27)(H,28,29)/t20-/m1/s1. The monoisotopic (exact) mass is 417 g/mol. The van der Waals surface area contributed by atoms with E-state index in [9.17, 15) is 14.7 Å². The highest BCUT2D eigenvalue weighted by atomic mass is 32.1. The molecule has 1 atom stereocenters. The predicted octanol–water partition coefficient (Wildman–Crippen LogP) is 4.78. The Bertz CT molecular complexity index is 1170. The summed E-state index contributed by atoms with van der Waals surface area (Å²) in [6.45, 7) is 0. The molecule has 0 bridgehead atoms. The van der Waals surface area contributed by atoms with Crippen molar-refractivity contribution in [2.45, 2.75) is 12.5 Å². The lowest BCUT2D eigenvalue weighted by molar-refractivity contribution is -0.118. The Balaban J connectivity index is 1.50. The number of rotatable bonds is 6. The smallest absolute Gasteiger partial charge is 0.405 e. The highest BCUT2D eigenvalue weighted by molar-refractivity contribution is 7.17. The number of nitrogens with zero attached hydrogens (tertiary/aromatic N) is 1. The van der Waals surface area contributed by atoms with Gasteiger partial charge in [0.25, 0.3) is 0 Å². The molecule has 30 heavy (non-hydrogen) atoms. The number of pyridine rings is 1. The fourth-order valence-electron chi connectivity index (χ4n) is 3.29. The number of nitrogens with one attached hydrogen (secondary N) is 2. The van der Waals surface area contributed by atoms with Crippen LogP contribution >= 0.6 is 11.3 Å². The zero-order valence-corrected chi connectivity index (χ0v) is 16.7. The van der Waals surface area contributed by atoms with Crippen LogP contribution in [-0.2, 0) is 11.2 Å². The summed E-state index contributed by atoms with van der Waals surface area (Å²) in [5.74, 6) is -0.399. The van der Waals surface area contributed by atoms with Gasteiger partial charge in [0.2, 0.25) is 5.91 Å². The maximum atomic E-state index is 12.8. The lowest BCUT2D eigenvalue weighted by Gasteiger charge is -2.17. The Labute approximate surface area is 177 Å². The number of carbonyl (C=O) groups is 2. The minimum atomic E-state index is -1.23. The van der Waals surface area contributed by atoms with Gasteiger partial charge in [0, 0.05) is 29.2 Å². The minimum absolute atomic E-state index is 0.275. The number of amides is 2. The van der Waals surface area contributed by atoms with Gasteiger partial charge in [0.05, 0.1) is 0 Å². The van der Waals surface area contributed by atoms with Crippen molar-refractivity contribution in [1.29, 1.82) is 0 Å². The van der Waals surface area contributed by atoms with Crippen molar-refractivity contribution in [3.8, 4) is 11.1 Å². The number of hydrogen-bond acceptors (Lipinski definition) is 4. The molecule has 0 radical (unpaired) electrons. The highest BCUT2D eigenvalue weighted by Crippen LogP contribution is 2.27. The van der Waals surface area contributed by atoms with E-state index in [0.29, 0.717) is 5.69 Å². The molecule has 0 saturated carbocycles. The third-order valence-electron chi connectivity index (χ3n) is 4.77. The van der Waals surface area contributed by atoms with Gasteiger partial charge < -0.3 is 15.7 Å². The summed E-state index contributed by atoms with van der Waals surface area (Å²) < 4.78 is 1.11. The van der Waals surface area contributed by atoms with E-state index in [0.717, 1.165) is 26.8 Å². The normalized spacial score (nSPS) is 11.7. The Kier molecular flexibility index (Phi) is 5.72. The Morgan fingerprint density at radius 3 is 2.40 bits per heavy atom. The third-order valence-corrected chi connectivity index (χ3v) is 5.78. The first-order chi connectivity index (χ1) is 14.6. The molecule has 0 saturated heterocycles. The van der Waals surface area contributed by atoms with Gasteiger partial charge in [0.15, 0.2) is 0 Å². The number of benzene rings is 2. The van der Waals surface area contributed by atoms with Crippen molar-refractivity contribution >= 4 is 39.1 Å². The first-order valence-corrected chi connectivity index (χ1v) is 10.2. The second-order valence-electron chi connectivity index (χ2n) is 6.77. The third kappa shape index (κ3) is 4.47. The van der Waals surface area contributed by atoms with Crippen molar-refractivity contribution in [2.75, 3.05) is 5.32 Å². The van der Waals surface area contributed by atoms with E-state index in [-0.39, 0.29) is 6.42 Å². The van der Waals surface area contributed by atoms with Crippen LogP contribution < -0.4 is 10.6 Å². The Morgan fingerprint density at radius 2 is 1.67 bits per heavy atom. The van der Waals surface area contributed by atoms with Crippen LogP contribution in [-0.4, -0.2) is 28.1 Å². The van der Waals surface area contributed by atoms with Gasteiger partial charge in [-0.3, -0.25) is 9.78 Å². The highest BCUT2D eigenvalue weighted by Gasteiger charge is 2.22. The number of carbonyl (C=O) groups excluding carboxylic acids is 1. The van der Waals surface area contributed by atoms with E-state index < -0.39 is 18.0 Å². The molecule has 150 valence electrons. The number of aromatic nitrogens is 1. The molecule has 7 heteroatoms. The van der Waals surface area contributed by atoms with Crippen molar-refractivity contribution in [2.24, 2.45) is 0 Å². The van der Waals surface area contributed by atoms with E-state index in [1.54, 1.807) is 35.9 Å². The molecule has 2 heterocycles. The van der Waals surface area contributed by atoms with E-state index in [4.69, 9.17) is 0 Å². The Hall–Kier alpha value is -3.71. The second kappa shape index (κ2) is 8.75. The first kappa shape index (κ1) is 19.6. The Morgan fingerprint density at radius 1 is 0.967 bits per heavy atom. The summed E-state index contributed by atoms with van der Waals surface area (Å²) in [4.78, 5) is 28.1. The fourth-order valence-corrected chi connectivity index (χ4v) is 4.26. The van der Waals surface area contributed by atoms with Gasteiger partial charge in [-0.25, -0.2) is 4.79 Å². The number of fused-ring (bicyclic) bond motifs is 1.